The van der Waals surface area contributed by atoms with Gasteiger partial charge in [-0.2, -0.15) is 0 Å². The van der Waals surface area contributed by atoms with E-state index in [2.05, 4.69) is 21.0 Å². The topological polar surface area (TPSA) is 78.9 Å². The molecular weight excluding hydrogens is 254 g/mol. The average molecular weight is 267 g/mol. The van der Waals surface area contributed by atoms with Gasteiger partial charge in [-0.25, -0.2) is 14.8 Å². The number of carbonyl (C=O) groups is 1. The molecule has 0 aliphatic rings. The number of fused-ring (bicyclic) bond motifs is 1. The molecule has 0 radical (unpaired) electrons. The third kappa shape index (κ3) is 2.25. The summed E-state index contributed by atoms with van der Waals surface area (Å²) in [7, 11) is 0. The van der Waals surface area contributed by atoms with E-state index in [1.807, 2.05) is 25.1 Å². The number of aromatic nitrogens is 3. The van der Waals surface area contributed by atoms with E-state index in [1.165, 1.54) is 17.8 Å². The summed E-state index contributed by atoms with van der Waals surface area (Å²) in [6.45, 7) is 2.03. The predicted octanol–water partition coefficient (Wildman–Crippen LogP) is 2.56. The summed E-state index contributed by atoms with van der Waals surface area (Å²) in [5, 5.41) is 9.14. The SMILES string of the molecule is Cc1cccc(Cc2nc3nccc(C(=O)O)c3[nH]2)c1. The van der Waals surface area contributed by atoms with Gasteiger partial charge in [0, 0.05) is 12.6 Å². The Bertz CT molecular complexity index is 793. The van der Waals surface area contributed by atoms with Crippen molar-refractivity contribution in [3.8, 4) is 0 Å². The standard InChI is InChI=1S/C15H13N3O2/c1-9-3-2-4-10(7-9)8-12-17-13-11(15(19)20)5-6-16-14(13)18-12/h2-7H,8H2,1H3,(H,19,20)(H,16,17,18). The number of aryl methyl sites for hydroxylation is 1. The highest BCUT2D eigenvalue weighted by atomic mass is 16.4. The number of aromatic amines is 1. The van der Waals surface area contributed by atoms with Gasteiger partial charge in [0.05, 0.1) is 11.1 Å². The number of hydrogen-bond acceptors (Lipinski definition) is 3. The summed E-state index contributed by atoms with van der Waals surface area (Å²) in [4.78, 5) is 22.7. The fourth-order valence-corrected chi connectivity index (χ4v) is 2.24. The molecule has 0 saturated heterocycles. The third-order valence-corrected chi connectivity index (χ3v) is 3.13. The molecule has 0 spiro atoms. The number of nitrogens with zero attached hydrogens (tertiary/aromatic N) is 2. The fourth-order valence-electron chi connectivity index (χ4n) is 2.24. The second-order valence-electron chi connectivity index (χ2n) is 4.71. The van der Waals surface area contributed by atoms with Crippen LogP contribution in [0.1, 0.15) is 27.3 Å². The van der Waals surface area contributed by atoms with Gasteiger partial charge in [-0.05, 0) is 18.6 Å². The summed E-state index contributed by atoms with van der Waals surface area (Å²) in [6.07, 6.45) is 2.08. The van der Waals surface area contributed by atoms with Crippen LogP contribution in [-0.2, 0) is 6.42 Å². The van der Waals surface area contributed by atoms with Gasteiger partial charge in [-0.15, -0.1) is 0 Å². The molecular formula is C15H13N3O2. The minimum absolute atomic E-state index is 0.193. The number of rotatable bonds is 3. The molecule has 3 aromatic rings. The van der Waals surface area contributed by atoms with Gasteiger partial charge in [0.15, 0.2) is 5.65 Å². The Morgan fingerprint density at radius 2 is 2.20 bits per heavy atom. The van der Waals surface area contributed by atoms with Gasteiger partial charge < -0.3 is 10.1 Å². The number of carboxylic acids is 1. The summed E-state index contributed by atoms with van der Waals surface area (Å²) in [6, 6.07) is 9.60. The van der Waals surface area contributed by atoms with Crippen molar-refractivity contribution in [1.82, 2.24) is 15.0 Å². The second kappa shape index (κ2) is 4.77. The van der Waals surface area contributed by atoms with Crippen molar-refractivity contribution in [3.63, 3.8) is 0 Å². The Morgan fingerprint density at radius 3 is 2.95 bits per heavy atom. The van der Waals surface area contributed by atoms with Crippen LogP contribution in [0.3, 0.4) is 0 Å². The van der Waals surface area contributed by atoms with Gasteiger partial charge in [-0.3, -0.25) is 0 Å². The average Bonchev–Trinajstić information content (AvgIpc) is 2.80. The first-order valence-corrected chi connectivity index (χ1v) is 6.26. The largest absolute Gasteiger partial charge is 0.478 e. The number of carboxylic acid groups (broad SMARTS) is 1. The molecule has 2 N–H and O–H groups in total. The lowest BCUT2D eigenvalue weighted by Crippen LogP contribution is -1.98. The highest BCUT2D eigenvalue weighted by molar-refractivity contribution is 5.99. The van der Waals surface area contributed by atoms with Crippen LogP contribution < -0.4 is 0 Å². The molecule has 0 saturated carbocycles. The van der Waals surface area contributed by atoms with Gasteiger partial charge in [0.25, 0.3) is 0 Å². The number of aromatic carboxylic acids is 1. The van der Waals surface area contributed by atoms with Crippen LogP contribution in [0.15, 0.2) is 36.5 Å². The van der Waals surface area contributed by atoms with Crippen LogP contribution in [0.25, 0.3) is 11.2 Å². The molecule has 2 aromatic heterocycles. The molecule has 1 aromatic carbocycles. The molecule has 2 heterocycles. The Morgan fingerprint density at radius 1 is 1.35 bits per heavy atom. The lowest BCUT2D eigenvalue weighted by molar-refractivity contribution is 0.0698. The van der Waals surface area contributed by atoms with Crippen LogP contribution in [0, 0.1) is 6.92 Å². The summed E-state index contributed by atoms with van der Waals surface area (Å²) in [5.74, 6) is -0.269. The van der Waals surface area contributed by atoms with Crippen molar-refractivity contribution in [3.05, 3.63) is 59.0 Å². The molecule has 0 fully saturated rings. The van der Waals surface area contributed by atoms with Crippen LogP contribution in [0.2, 0.25) is 0 Å². The molecule has 5 heteroatoms. The highest BCUT2D eigenvalue weighted by Gasteiger charge is 2.13. The van der Waals surface area contributed by atoms with Crippen molar-refractivity contribution in [1.29, 1.82) is 0 Å². The predicted molar refractivity (Wildman–Crippen MR) is 74.8 cm³/mol. The number of nitrogens with one attached hydrogen (secondary N) is 1. The van der Waals surface area contributed by atoms with E-state index >= 15 is 0 Å². The Kier molecular flexibility index (Phi) is 2.95. The lowest BCUT2D eigenvalue weighted by atomic mass is 10.1. The van der Waals surface area contributed by atoms with Crippen LogP contribution in [0.4, 0.5) is 0 Å². The summed E-state index contributed by atoms with van der Waals surface area (Å²) >= 11 is 0. The van der Waals surface area contributed by atoms with Gasteiger partial charge in [0.2, 0.25) is 0 Å². The molecule has 20 heavy (non-hydrogen) atoms. The molecule has 0 bridgehead atoms. The lowest BCUT2D eigenvalue weighted by Gasteiger charge is -1.99. The zero-order chi connectivity index (χ0) is 14.1. The quantitative estimate of drug-likeness (QED) is 0.764. The number of H-pyrrole nitrogens is 1. The van der Waals surface area contributed by atoms with E-state index in [0.717, 1.165) is 5.56 Å². The first-order chi connectivity index (χ1) is 9.63. The van der Waals surface area contributed by atoms with Crippen LogP contribution in [0.5, 0.6) is 0 Å². The number of imidazole rings is 1. The fraction of sp³-hybridized carbons (Fsp3) is 0.133. The highest BCUT2D eigenvalue weighted by Crippen LogP contribution is 2.16. The Labute approximate surface area is 115 Å². The Hall–Kier alpha value is -2.69. The first-order valence-electron chi connectivity index (χ1n) is 6.26. The number of hydrogen-bond donors (Lipinski definition) is 2. The Balaban J connectivity index is 2.01. The van der Waals surface area contributed by atoms with Crippen molar-refractivity contribution in [2.45, 2.75) is 13.3 Å². The van der Waals surface area contributed by atoms with E-state index in [-0.39, 0.29) is 5.56 Å². The zero-order valence-corrected chi connectivity index (χ0v) is 10.9. The second-order valence-corrected chi connectivity index (χ2v) is 4.71. The minimum atomic E-state index is -0.983. The summed E-state index contributed by atoms with van der Waals surface area (Å²) in [5.41, 5.74) is 3.41. The van der Waals surface area contributed by atoms with Gasteiger partial charge >= 0.3 is 5.97 Å². The van der Waals surface area contributed by atoms with Crippen molar-refractivity contribution < 1.29 is 9.90 Å². The van der Waals surface area contributed by atoms with E-state index in [0.29, 0.717) is 23.4 Å². The summed E-state index contributed by atoms with van der Waals surface area (Å²) < 4.78 is 0. The zero-order valence-electron chi connectivity index (χ0n) is 10.9. The molecule has 5 nitrogen and oxygen atoms in total. The van der Waals surface area contributed by atoms with Gasteiger partial charge in [0.1, 0.15) is 5.82 Å². The van der Waals surface area contributed by atoms with Crippen molar-refractivity contribution >= 4 is 17.1 Å². The molecule has 0 aliphatic heterocycles. The minimum Gasteiger partial charge on any atom is -0.478 e. The molecule has 0 atom stereocenters. The molecule has 0 amide bonds. The molecule has 0 unspecified atom stereocenters. The molecule has 3 rings (SSSR count). The van der Waals surface area contributed by atoms with E-state index < -0.39 is 5.97 Å². The normalized spacial score (nSPS) is 10.8. The number of benzene rings is 1. The maximum Gasteiger partial charge on any atom is 0.338 e. The van der Waals surface area contributed by atoms with Crippen molar-refractivity contribution in [2.24, 2.45) is 0 Å². The molecule has 100 valence electrons. The van der Waals surface area contributed by atoms with Crippen LogP contribution >= 0.6 is 0 Å². The monoisotopic (exact) mass is 267 g/mol. The smallest absolute Gasteiger partial charge is 0.338 e. The third-order valence-electron chi connectivity index (χ3n) is 3.13. The van der Waals surface area contributed by atoms with E-state index in [1.54, 1.807) is 0 Å². The van der Waals surface area contributed by atoms with Gasteiger partial charge in [-0.1, -0.05) is 29.8 Å². The number of pyridine rings is 1. The van der Waals surface area contributed by atoms with Crippen molar-refractivity contribution in [2.75, 3.05) is 0 Å². The first kappa shape index (κ1) is 12.3. The molecule has 0 aliphatic carbocycles. The maximum atomic E-state index is 11.2. The van der Waals surface area contributed by atoms with E-state index in [9.17, 15) is 4.79 Å². The maximum absolute atomic E-state index is 11.2. The van der Waals surface area contributed by atoms with Crippen LogP contribution in [-0.4, -0.2) is 26.0 Å². The van der Waals surface area contributed by atoms with E-state index in [4.69, 9.17) is 5.11 Å².